The summed E-state index contributed by atoms with van der Waals surface area (Å²) in [4.78, 5) is 24.1. The number of carbonyl (C=O) groups excluding carboxylic acids is 1. The molecular formula is C30H29F2N7O2. The number of ether oxygens (including phenoxy) is 1. The molecule has 5 aromatic rings. The van der Waals surface area contributed by atoms with Crippen LogP contribution in [0.5, 0.6) is 5.88 Å². The Morgan fingerprint density at radius 1 is 1.05 bits per heavy atom. The minimum atomic E-state index is -2.75. The van der Waals surface area contributed by atoms with Crippen molar-refractivity contribution in [2.75, 3.05) is 32.6 Å². The summed E-state index contributed by atoms with van der Waals surface area (Å²) < 4.78 is 34.0. The van der Waals surface area contributed by atoms with Crippen molar-refractivity contribution in [1.29, 1.82) is 0 Å². The van der Waals surface area contributed by atoms with Gasteiger partial charge in [0.15, 0.2) is 5.82 Å². The van der Waals surface area contributed by atoms with Gasteiger partial charge in [-0.1, -0.05) is 24.3 Å². The number of H-pyrrole nitrogens is 1. The summed E-state index contributed by atoms with van der Waals surface area (Å²) in [6, 6.07) is 15.3. The third kappa shape index (κ3) is 5.94. The first kappa shape index (κ1) is 26.6. The fourth-order valence-electron chi connectivity index (χ4n) is 4.78. The minimum absolute atomic E-state index is 0.313. The molecule has 210 valence electrons. The molecule has 1 fully saturated rings. The molecule has 1 saturated carbocycles. The molecule has 9 nitrogen and oxygen atoms in total. The topological polar surface area (TPSA) is 101 Å². The van der Waals surface area contributed by atoms with Gasteiger partial charge in [-0.15, -0.1) is 0 Å². The first-order valence-electron chi connectivity index (χ1n) is 13.3. The Bertz CT molecular complexity index is 1670. The summed E-state index contributed by atoms with van der Waals surface area (Å²) in [6.07, 6.45) is 6.16. The zero-order chi connectivity index (χ0) is 28.6. The predicted octanol–water partition coefficient (Wildman–Crippen LogP) is 5.86. The molecule has 0 unspecified atom stereocenters. The molecule has 11 heteroatoms. The second-order valence-corrected chi connectivity index (χ2v) is 10.6. The van der Waals surface area contributed by atoms with E-state index in [1.165, 1.54) is 4.57 Å². The number of anilines is 2. The number of halogens is 2. The molecule has 0 radical (unpaired) electrons. The highest BCUT2D eigenvalue weighted by Crippen LogP contribution is 2.43. The number of carbonyl (C=O) groups is 1. The van der Waals surface area contributed by atoms with Gasteiger partial charge in [0, 0.05) is 66.2 Å². The van der Waals surface area contributed by atoms with Crippen molar-refractivity contribution in [3.63, 3.8) is 0 Å². The summed E-state index contributed by atoms with van der Waals surface area (Å²) in [7, 11) is 3.94. The van der Waals surface area contributed by atoms with Crippen molar-refractivity contribution in [3.05, 3.63) is 73.3 Å². The maximum Gasteiger partial charge on any atom is 0.249 e. The molecule has 0 spiro atoms. The standard InChI is InChI=1S/C30H29F2N7O2/c1-38(2)9-10-41-27-12-26(35-25-7-5-19(6-8-25)24-15-33-34-16-24)36-28(37-27)20-3-4-21-17-39(18-22(21)11-20)29(40)23-13-30(31,32)14-23/h3-8,11-12,15-18,23H,9-10,13-14H2,1-2H3,(H,33,34)(H,35,36,37). The predicted molar refractivity (Wildman–Crippen MR) is 153 cm³/mol. The fourth-order valence-corrected chi connectivity index (χ4v) is 4.78. The number of aromatic amines is 1. The van der Waals surface area contributed by atoms with Crippen LogP contribution in [-0.2, 0) is 0 Å². The summed E-state index contributed by atoms with van der Waals surface area (Å²) in [5.74, 6) is -2.29. The van der Waals surface area contributed by atoms with Gasteiger partial charge in [0.1, 0.15) is 12.4 Å². The normalized spacial score (nSPS) is 14.8. The van der Waals surface area contributed by atoms with Crippen molar-refractivity contribution in [3.8, 4) is 28.4 Å². The molecule has 0 saturated heterocycles. The number of nitrogens with zero attached hydrogens (tertiary/aromatic N) is 5. The van der Waals surface area contributed by atoms with Gasteiger partial charge in [-0.25, -0.2) is 13.8 Å². The Morgan fingerprint density at radius 2 is 1.80 bits per heavy atom. The number of rotatable bonds is 9. The summed E-state index contributed by atoms with van der Waals surface area (Å²) >= 11 is 0. The lowest BCUT2D eigenvalue weighted by Gasteiger charge is -2.33. The van der Waals surface area contributed by atoms with Crippen LogP contribution >= 0.6 is 0 Å². The number of benzene rings is 2. The molecule has 1 aliphatic carbocycles. The first-order valence-corrected chi connectivity index (χ1v) is 13.3. The quantitative estimate of drug-likeness (QED) is 0.234. The number of hydrogen-bond acceptors (Lipinski definition) is 7. The van der Waals surface area contributed by atoms with Gasteiger partial charge >= 0.3 is 0 Å². The van der Waals surface area contributed by atoms with E-state index in [-0.39, 0.29) is 5.91 Å². The van der Waals surface area contributed by atoms with Crippen LogP contribution in [0.1, 0.15) is 17.6 Å². The monoisotopic (exact) mass is 557 g/mol. The lowest BCUT2D eigenvalue weighted by Crippen LogP contribution is -2.41. The zero-order valence-corrected chi connectivity index (χ0v) is 22.6. The zero-order valence-electron chi connectivity index (χ0n) is 22.6. The van der Waals surface area contributed by atoms with E-state index in [1.807, 2.05) is 67.7 Å². The SMILES string of the molecule is CN(C)CCOc1cc(Nc2ccc(-c3cn[nH]c3)cc2)nc(-c2ccc3cn(C(=O)C4CC(F)(F)C4)cc3c2)n1. The number of likely N-dealkylation sites (N-methyl/N-ethyl adjacent to an activating group) is 1. The summed E-state index contributed by atoms with van der Waals surface area (Å²) in [5.41, 5.74) is 3.60. The van der Waals surface area contributed by atoms with Crippen molar-refractivity contribution >= 4 is 28.2 Å². The molecule has 1 aliphatic rings. The largest absolute Gasteiger partial charge is 0.476 e. The van der Waals surface area contributed by atoms with E-state index < -0.39 is 24.7 Å². The van der Waals surface area contributed by atoms with E-state index in [1.54, 1.807) is 24.7 Å². The van der Waals surface area contributed by atoms with E-state index in [9.17, 15) is 13.6 Å². The Labute approximate surface area is 235 Å². The van der Waals surface area contributed by atoms with Crippen molar-refractivity contribution in [1.82, 2.24) is 29.6 Å². The molecule has 0 aliphatic heterocycles. The molecule has 3 heterocycles. The van der Waals surface area contributed by atoms with E-state index in [4.69, 9.17) is 9.72 Å². The Morgan fingerprint density at radius 3 is 2.51 bits per heavy atom. The maximum absolute atomic E-state index is 13.3. The van der Waals surface area contributed by atoms with Crippen molar-refractivity contribution in [2.45, 2.75) is 18.8 Å². The van der Waals surface area contributed by atoms with Crippen LogP contribution in [-0.4, -0.2) is 68.7 Å². The van der Waals surface area contributed by atoms with E-state index in [0.29, 0.717) is 24.1 Å². The van der Waals surface area contributed by atoms with Gasteiger partial charge in [-0.2, -0.15) is 10.1 Å². The Hall–Kier alpha value is -4.64. The molecular weight excluding hydrogens is 528 g/mol. The maximum atomic E-state index is 13.3. The van der Waals surface area contributed by atoms with Gasteiger partial charge in [0.05, 0.1) is 12.1 Å². The third-order valence-electron chi connectivity index (χ3n) is 7.08. The van der Waals surface area contributed by atoms with Crippen molar-refractivity contribution < 1.29 is 18.3 Å². The van der Waals surface area contributed by atoms with E-state index >= 15 is 0 Å². The van der Waals surface area contributed by atoms with Crippen LogP contribution in [0.15, 0.2) is 73.3 Å². The fraction of sp³-hybridized carbons (Fsp3) is 0.267. The second kappa shape index (κ2) is 10.7. The highest BCUT2D eigenvalue weighted by atomic mass is 19.3. The van der Waals surface area contributed by atoms with Crippen LogP contribution in [0.2, 0.25) is 0 Å². The number of aromatic nitrogens is 5. The molecule has 2 aromatic carbocycles. The molecule has 41 heavy (non-hydrogen) atoms. The highest BCUT2D eigenvalue weighted by Gasteiger charge is 2.49. The number of alkyl halides is 2. The van der Waals surface area contributed by atoms with Crippen molar-refractivity contribution in [2.24, 2.45) is 5.92 Å². The highest BCUT2D eigenvalue weighted by molar-refractivity contribution is 5.92. The van der Waals surface area contributed by atoms with Crippen LogP contribution in [0.3, 0.4) is 0 Å². The lowest BCUT2D eigenvalue weighted by molar-refractivity contribution is -0.0999. The molecule has 0 atom stereocenters. The number of nitrogens with one attached hydrogen (secondary N) is 2. The molecule has 6 rings (SSSR count). The van der Waals surface area contributed by atoms with Gasteiger partial charge in [-0.3, -0.25) is 14.5 Å². The average molecular weight is 558 g/mol. The van der Waals surface area contributed by atoms with Crippen LogP contribution in [0, 0.1) is 5.92 Å². The van der Waals surface area contributed by atoms with Gasteiger partial charge in [-0.05, 0) is 43.2 Å². The summed E-state index contributed by atoms with van der Waals surface area (Å²) in [5, 5.41) is 11.8. The number of fused-ring (bicyclic) bond motifs is 1. The smallest absolute Gasteiger partial charge is 0.249 e. The lowest BCUT2D eigenvalue weighted by atomic mass is 9.81. The van der Waals surface area contributed by atoms with E-state index in [2.05, 4.69) is 20.5 Å². The first-order chi connectivity index (χ1) is 19.7. The second-order valence-electron chi connectivity index (χ2n) is 10.6. The van der Waals surface area contributed by atoms with Crippen LogP contribution < -0.4 is 10.1 Å². The molecule has 2 N–H and O–H groups in total. The van der Waals surface area contributed by atoms with Gasteiger partial charge in [0.2, 0.25) is 17.7 Å². The molecule has 0 bridgehead atoms. The van der Waals surface area contributed by atoms with Crippen LogP contribution in [0.25, 0.3) is 33.3 Å². The average Bonchev–Trinajstić information content (AvgIpc) is 3.61. The van der Waals surface area contributed by atoms with E-state index in [0.717, 1.165) is 39.7 Å². The van der Waals surface area contributed by atoms with Gasteiger partial charge in [0.25, 0.3) is 0 Å². The summed E-state index contributed by atoms with van der Waals surface area (Å²) in [6.45, 7) is 1.17. The van der Waals surface area contributed by atoms with Gasteiger partial charge < -0.3 is 15.0 Å². The Kier molecular flexibility index (Phi) is 6.96. The third-order valence-corrected chi connectivity index (χ3v) is 7.08. The molecule has 0 amide bonds. The molecule has 3 aromatic heterocycles. The van der Waals surface area contributed by atoms with Crippen LogP contribution in [0.4, 0.5) is 20.3 Å². The minimum Gasteiger partial charge on any atom is -0.476 e. The number of hydrogen-bond donors (Lipinski definition) is 2. The Balaban J connectivity index is 1.27.